The van der Waals surface area contributed by atoms with Crippen LogP contribution >= 0.6 is 11.8 Å². The number of amides is 2. The van der Waals surface area contributed by atoms with E-state index < -0.39 is 0 Å². The maximum absolute atomic E-state index is 12.4. The molecule has 2 heterocycles. The normalized spacial score (nSPS) is 15.2. The van der Waals surface area contributed by atoms with Crippen LogP contribution in [0.5, 0.6) is 0 Å². The molecule has 1 aromatic carbocycles. The lowest BCUT2D eigenvalue weighted by atomic mass is 9.85. The van der Waals surface area contributed by atoms with Gasteiger partial charge in [-0.2, -0.15) is 0 Å². The molecule has 1 atom stereocenters. The summed E-state index contributed by atoms with van der Waals surface area (Å²) in [5, 5.41) is 5.43. The summed E-state index contributed by atoms with van der Waals surface area (Å²) in [4.78, 5) is 45.2. The van der Waals surface area contributed by atoms with Crippen LogP contribution in [0.1, 0.15) is 39.7 Å². The molecule has 4 rings (SSSR count). The van der Waals surface area contributed by atoms with Crippen LogP contribution in [-0.2, 0) is 16.0 Å². The molecule has 0 aliphatic heterocycles. The molecule has 1 aliphatic rings. The zero-order chi connectivity index (χ0) is 22.5. The van der Waals surface area contributed by atoms with E-state index in [0.29, 0.717) is 24.1 Å². The first-order valence-electron chi connectivity index (χ1n) is 10.1. The van der Waals surface area contributed by atoms with Gasteiger partial charge in [0.1, 0.15) is 5.76 Å². The Morgan fingerprint density at radius 2 is 1.84 bits per heavy atom. The van der Waals surface area contributed by atoms with Crippen molar-refractivity contribution >= 4 is 41.0 Å². The Kier molecular flexibility index (Phi) is 6.65. The van der Waals surface area contributed by atoms with E-state index in [9.17, 15) is 14.4 Å². The van der Waals surface area contributed by atoms with Crippen molar-refractivity contribution < 1.29 is 18.8 Å². The van der Waals surface area contributed by atoms with Crippen molar-refractivity contribution in [1.29, 1.82) is 0 Å². The summed E-state index contributed by atoms with van der Waals surface area (Å²) >= 11 is 1.19. The number of aryl methyl sites for hydroxylation is 1. The summed E-state index contributed by atoms with van der Waals surface area (Å²) < 4.78 is 5.44. The zero-order valence-corrected chi connectivity index (χ0v) is 18.3. The second-order valence-corrected chi connectivity index (χ2v) is 8.54. The highest BCUT2D eigenvalue weighted by molar-refractivity contribution is 8.00. The summed E-state index contributed by atoms with van der Waals surface area (Å²) in [5.74, 6) is 0.495. The van der Waals surface area contributed by atoms with Gasteiger partial charge in [0.15, 0.2) is 5.78 Å². The molecule has 0 radical (unpaired) electrons. The number of ketones is 1. The molecule has 0 bridgehead atoms. The average Bonchev–Trinajstić information content (AvgIpc) is 3.30. The first-order valence-corrected chi connectivity index (χ1v) is 11.3. The highest BCUT2D eigenvalue weighted by Gasteiger charge is 2.29. The van der Waals surface area contributed by atoms with Gasteiger partial charge in [0, 0.05) is 30.6 Å². The topological polar surface area (TPSA) is 114 Å². The molecule has 2 aromatic heterocycles. The van der Waals surface area contributed by atoms with E-state index in [4.69, 9.17) is 4.42 Å². The second kappa shape index (κ2) is 9.78. The Hall–Kier alpha value is -3.46. The fourth-order valence-electron chi connectivity index (χ4n) is 3.46. The standard InChI is InChI=1S/C23H22N4O4S/c1-14-4-6-16(7-5-14)25-21(29)12-32-13-22(30)27-23-24-11-17-18(26-23)9-15(10-19(17)28)20-3-2-8-31-20/h2-8,11,15H,9-10,12-13H2,1H3,(H,25,29)(H,24,26,27,30)/t15-/m0/s1. The highest BCUT2D eigenvalue weighted by atomic mass is 32.2. The molecule has 0 saturated carbocycles. The van der Waals surface area contributed by atoms with Crippen molar-refractivity contribution in [1.82, 2.24) is 9.97 Å². The van der Waals surface area contributed by atoms with E-state index in [0.717, 1.165) is 17.0 Å². The van der Waals surface area contributed by atoms with Gasteiger partial charge in [-0.15, -0.1) is 11.8 Å². The summed E-state index contributed by atoms with van der Waals surface area (Å²) in [6.45, 7) is 1.97. The summed E-state index contributed by atoms with van der Waals surface area (Å²) in [6.07, 6.45) is 3.92. The summed E-state index contributed by atoms with van der Waals surface area (Å²) in [6, 6.07) is 11.1. The van der Waals surface area contributed by atoms with Crippen molar-refractivity contribution in [3.8, 4) is 0 Å². The smallest absolute Gasteiger partial charge is 0.236 e. The number of hydrogen-bond donors (Lipinski definition) is 2. The van der Waals surface area contributed by atoms with Gasteiger partial charge in [-0.1, -0.05) is 17.7 Å². The van der Waals surface area contributed by atoms with E-state index in [-0.39, 0.29) is 41.0 Å². The predicted octanol–water partition coefficient (Wildman–Crippen LogP) is 3.60. The van der Waals surface area contributed by atoms with Crippen LogP contribution in [0, 0.1) is 6.92 Å². The Bertz CT molecular complexity index is 1130. The van der Waals surface area contributed by atoms with Gasteiger partial charge in [0.2, 0.25) is 17.8 Å². The molecule has 1 aliphatic carbocycles. The minimum Gasteiger partial charge on any atom is -0.469 e. The van der Waals surface area contributed by atoms with Crippen LogP contribution in [0.3, 0.4) is 0 Å². The van der Waals surface area contributed by atoms with Gasteiger partial charge in [-0.25, -0.2) is 9.97 Å². The lowest BCUT2D eigenvalue weighted by Crippen LogP contribution is -2.23. The van der Waals surface area contributed by atoms with Gasteiger partial charge in [-0.3, -0.25) is 19.7 Å². The minimum absolute atomic E-state index is 0.0410. The zero-order valence-electron chi connectivity index (χ0n) is 17.5. The Balaban J connectivity index is 1.28. The first-order chi connectivity index (χ1) is 15.5. The number of fused-ring (bicyclic) bond motifs is 1. The van der Waals surface area contributed by atoms with Crippen LogP contribution < -0.4 is 10.6 Å². The molecule has 9 heteroatoms. The molecule has 8 nitrogen and oxygen atoms in total. The number of furan rings is 1. The number of nitrogens with one attached hydrogen (secondary N) is 2. The molecule has 164 valence electrons. The van der Waals surface area contributed by atoms with Crippen molar-refractivity contribution in [3.63, 3.8) is 0 Å². The SMILES string of the molecule is Cc1ccc(NC(=O)CSCC(=O)Nc2ncc3c(n2)C[C@H](c2ccco2)CC3=O)cc1. The van der Waals surface area contributed by atoms with Crippen LogP contribution in [0.2, 0.25) is 0 Å². The van der Waals surface area contributed by atoms with E-state index in [1.165, 1.54) is 18.0 Å². The number of hydrogen-bond acceptors (Lipinski definition) is 7. The lowest BCUT2D eigenvalue weighted by molar-refractivity contribution is -0.114. The number of rotatable bonds is 7. The fraction of sp³-hybridized carbons (Fsp3) is 0.261. The first kappa shape index (κ1) is 21.8. The number of benzene rings is 1. The minimum atomic E-state index is -0.317. The number of nitrogens with zero attached hydrogens (tertiary/aromatic N) is 2. The number of thioether (sulfide) groups is 1. The number of aromatic nitrogens is 2. The highest BCUT2D eigenvalue weighted by Crippen LogP contribution is 2.32. The maximum atomic E-state index is 12.4. The molecule has 32 heavy (non-hydrogen) atoms. The summed E-state index contributed by atoms with van der Waals surface area (Å²) in [5.41, 5.74) is 2.90. The molecule has 0 spiro atoms. The molecule has 0 unspecified atom stereocenters. The van der Waals surface area contributed by atoms with Gasteiger partial charge in [0.25, 0.3) is 0 Å². The van der Waals surface area contributed by atoms with E-state index >= 15 is 0 Å². The molecular formula is C23H22N4O4S. The number of anilines is 2. The quantitative estimate of drug-likeness (QED) is 0.565. The van der Waals surface area contributed by atoms with Crippen molar-refractivity contribution in [2.24, 2.45) is 0 Å². The van der Waals surface area contributed by atoms with Crippen molar-refractivity contribution in [3.05, 3.63) is 71.4 Å². The van der Waals surface area contributed by atoms with Crippen LogP contribution in [0.4, 0.5) is 11.6 Å². The number of Topliss-reactive ketones (excluding diaryl/α,β-unsaturated/α-hetero) is 1. The Morgan fingerprint density at radius 1 is 1.09 bits per heavy atom. The molecule has 2 amide bonds. The van der Waals surface area contributed by atoms with E-state index in [2.05, 4.69) is 20.6 Å². The van der Waals surface area contributed by atoms with Gasteiger partial charge >= 0.3 is 0 Å². The number of carbonyl (C=O) groups excluding carboxylic acids is 3. The third kappa shape index (κ3) is 5.42. The largest absolute Gasteiger partial charge is 0.469 e. The van der Waals surface area contributed by atoms with Crippen LogP contribution in [-0.4, -0.2) is 39.1 Å². The second-order valence-electron chi connectivity index (χ2n) is 7.55. The molecule has 2 N–H and O–H groups in total. The van der Waals surface area contributed by atoms with Gasteiger partial charge in [0.05, 0.1) is 29.0 Å². The van der Waals surface area contributed by atoms with Gasteiger partial charge < -0.3 is 9.73 Å². The maximum Gasteiger partial charge on any atom is 0.236 e. The predicted molar refractivity (Wildman–Crippen MR) is 122 cm³/mol. The Labute approximate surface area is 189 Å². The lowest BCUT2D eigenvalue weighted by Gasteiger charge is -2.21. The molecule has 0 saturated heterocycles. The molecule has 0 fully saturated rings. The fourth-order valence-corrected chi connectivity index (χ4v) is 4.08. The van der Waals surface area contributed by atoms with Gasteiger partial charge in [-0.05, 0) is 31.2 Å². The molecular weight excluding hydrogens is 428 g/mol. The average molecular weight is 451 g/mol. The van der Waals surface area contributed by atoms with E-state index in [1.807, 2.05) is 37.3 Å². The third-order valence-corrected chi connectivity index (χ3v) is 5.97. The van der Waals surface area contributed by atoms with E-state index in [1.54, 1.807) is 12.3 Å². The monoisotopic (exact) mass is 450 g/mol. The Morgan fingerprint density at radius 3 is 2.56 bits per heavy atom. The van der Waals surface area contributed by atoms with Crippen molar-refractivity contribution in [2.45, 2.75) is 25.7 Å². The van der Waals surface area contributed by atoms with Crippen molar-refractivity contribution in [2.75, 3.05) is 22.1 Å². The molecule has 3 aromatic rings. The van der Waals surface area contributed by atoms with Crippen LogP contribution in [0.25, 0.3) is 0 Å². The number of carbonyl (C=O) groups is 3. The summed E-state index contributed by atoms with van der Waals surface area (Å²) in [7, 11) is 0. The third-order valence-electron chi connectivity index (χ3n) is 5.04. The van der Waals surface area contributed by atoms with Crippen LogP contribution in [0.15, 0.2) is 53.3 Å².